The number of hydrogen-bond donors (Lipinski definition) is 0. The number of nitrogens with zero attached hydrogens (tertiary/aromatic N) is 5. The summed E-state index contributed by atoms with van der Waals surface area (Å²) in [6.07, 6.45) is 7.76. The highest BCUT2D eigenvalue weighted by molar-refractivity contribution is 5.97. The maximum absolute atomic E-state index is 13.0. The molecule has 0 saturated carbocycles. The van der Waals surface area contributed by atoms with Gasteiger partial charge in [-0.15, -0.1) is 0 Å². The second kappa shape index (κ2) is 8.01. The van der Waals surface area contributed by atoms with Crippen LogP contribution >= 0.6 is 0 Å². The van der Waals surface area contributed by atoms with Crippen molar-refractivity contribution in [3.05, 3.63) is 49.1 Å². The summed E-state index contributed by atoms with van der Waals surface area (Å²) in [6, 6.07) is 10.1. The molecule has 0 spiro atoms. The van der Waals surface area contributed by atoms with Gasteiger partial charge >= 0.3 is 0 Å². The number of carbonyl (C=O) groups is 1. The number of piperazine rings is 1. The van der Waals surface area contributed by atoms with E-state index in [1.165, 1.54) is 0 Å². The Labute approximate surface area is 155 Å². The quantitative estimate of drug-likeness (QED) is 0.821. The zero-order valence-electron chi connectivity index (χ0n) is 15.2. The molecule has 1 aromatic heterocycles. The van der Waals surface area contributed by atoms with Gasteiger partial charge in [-0.05, 0) is 25.0 Å². The minimum atomic E-state index is 0.0414. The van der Waals surface area contributed by atoms with Crippen molar-refractivity contribution in [1.29, 1.82) is 0 Å². The number of rotatable bonds is 5. The molecule has 0 bridgehead atoms. The third kappa shape index (κ3) is 3.81. The minimum absolute atomic E-state index is 0.0414. The molecule has 0 unspecified atom stereocenters. The Morgan fingerprint density at radius 2 is 1.81 bits per heavy atom. The SMILES string of the molecule is O=C1[C@@H](N2CCN(CCn3ccnc3)CC2)CCCN1c1ccccc1. The molecular weight excluding hydrogens is 326 g/mol. The molecule has 0 N–H and O–H groups in total. The summed E-state index contributed by atoms with van der Waals surface area (Å²) in [5.41, 5.74) is 1.03. The molecule has 2 aliphatic rings. The van der Waals surface area contributed by atoms with E-state index in [4.69, 9.17) is 0 Å². The zero-order valence-corrected chi connectivity index (χ0v) is 15.2. The number of benzene rings is 1. The lowest BCUT2D eigenvalue weighted by molar-refractivity contribution is -0.126. The molecule has 2 saturated heterocycles. The zero-order chi connectivity index (χ0) is 17.8. The highest BCUT2D eigenvalue weighted by atomic mass is 16.2. The van der Waals surface area contributed by atoms with Crippen molar-refractivity contribution >= 4 is 11.6 Å². The van der Waals surface area contributed by atoms with Crippen molar-refractivity contribution in [3.8, 4) is 0 Å². The highest BCUT2D eigenvalue weighted by Gasteiger charge is 2.35. The third-order valence-electron chi connectivity index (χ3n) is 5.56. The molecule has 6 heteroatoms. The standard InChI is InChI=1S/C20H27N5O/c26-20-19(7-4-9-25(20)18-5-2-1-3-6-18)24-15-13-22(14-16-24)11-12-23-10-8-21-17-23/h1-3,5-6,8,10,17,19H,4,7,9,11-16H2/t19-/m0/s1. The van der Waals surface area contributed by atoms with E-state index in [1.54, 1.807) is 0 Å². The number of anilines is 1. The van der Waals surface area contributed by atoms with Gasteiger partial charge in [-0.2, -0.15) is 0 Å². The number of aromatic nitrogens is 2. The minimum Gasteiger partial charge on any atom is -0.336 e. The van der Waals surface area contributed by atoms with Crippen LogP contribution in [0.4, 0.5) is 5.69 Å². The van der Waals surface area contributed by atoms with Crippen LogP contribution in [0.15, 0.2) is 49.1 Å². The van der Waals surface area contributed by atoms with Gasteiger partial charge in [0.2, 0.25) is 5.91 Å². The van der Waals surface area contributed by atoms with Crippen molar-refractivity contribution in [2.75, 3.05) is 44.2 Å². The predicted octanol–water partition coefficient (Wildman–Crippen LogP) is 1.70. The molecule has 26 heavy (non-hydrogen) atoms. The molecule has 2 fully saturated rings. The van der Waals surface area contributed by atoms with Gasteiger partial charge in [0.25, 0.3) is 0 Å². The molecule has 3 heterocycles. The number of hydrogen-bond acceptors (Lipinski definition) is 4. The molecular formula is C20H27N5O. The number of imidazole rings is 1. The van der Waals surface area contributed by atoms with Gasteiger partial charge in [0.05, 0.1) is 12.4 Å². The first kappa shape index (κ1) is 17.2. The van der Waals surface area contributed by atoms with Gasteiger partial charge in [-0.3, -0.25) is 14.6 Å². The fourth-order valence-corrected chi connectivity index (χ4v) is 4.03. The third-order valence-corrected chi connectivity index (χ3v) is 5.56. The predicted molar refractivity (Wildman–Crippen MR) is 102 cm³/mol. The first-order chi connectivity index (χ1) is 12.8. The monoisotopic (exact) mass is 353 g/mol. The molecule has 0 radical (unpaired) electrons. The summed E-state index contributed by atoms with van der Waals surface area (Å²) in [4.78, 5) is 24.0. The van der Waals surface area contributed by atoms with Crippen LogP contribution in [-0.4, -0.2) is 70.6 Å². The molecule has 0 aliphatic carbocycles. The number of amides is 1. The van der Waals surface area contributed by atoms with E-state index in [1.807, 2.05) is 54.0 Å². The van der Waals surface area contributed by atoms with Crippen LogP contribution in [-0.2, 0) is 11.3 Å². The summed E-state index contributed by atoms with van der Waals surface area (Å²) < 4.78 is 2.12. The summed E-state index contributed by atoms with van der Waals surface area (Å²) in [6.45, 7) is 6.87. The van der Waals surface area contributed by atoms with Gasteiger partial charge in [0, 0.05) is 63.9 Å². The van der Waals surface area contributed by atoms with E-state index < -0.39 is 0 Å². The number of para-hydroxylation sites is 1. The Hall–Kier alpha value is -2.18. The number of carbonyl (C=O) groups excluding carboxylic acids is 1. The Kier molecular flexibility index (Phi) is 5.32. The molecule has 1 amide bonds. The summed E-state index contributed by atoms with van der Waals surface area (Å²) in [7, 11) is 0. The normalized spacial score (nSPS) is 22.7. The first-order valence-corrected chi connectivity index (χ1v) is 9.60. The fraction of sp³-hybridized carbons (Fsp3) is 0.500. The summed E-state index contributed by atoms with van der Waals surface area (Å²) in [5.74, 6) is 0.273. The molecule has 1 atom stereocenters. The molecule has 2 aromatic rings. The topological polar surface area (TPSA) is 44.6 Å². The van der Waals surface area contributed by atoms with Crippen LogP contribution in [0.1, 0.15) is 12.8 Å². The van der Waals surface area contributed by atoms with Crippen molar-refractivity contribution in [2.45, 2.75) is 25.4 Å². The van der Waals surface area contributed by atoms with Gasteiger partial charge in [0.1, 0.15) is 0 Å². The average molecular weight is 353 g/mol. The van der Waals surface area contributed by atoms with E-state index in [-0.39, 0.29) is 11.9 Å². The maximum Gasteiger partial charge on any atom is 0.244 e. The van der Waals surface area contributed by atoms with E-state index >= 15 is 0 Å². The Morgan fingerprint density at radius 3 is 2.54 bits per heavy atom. The summed E-state index contributed by atoms with van der Waals surface area (Å²) >= 11 is 0. The van der Waals surface area contributed by atoms with E-state index in [9.17, 15) is 4.79 Å². The summed E-state index contributed by atoms with van der Waals surface area (Å²) in [5, 5.41) is 0. The molecule has 6 nitrogen and oxygen atoms in total. The maximum atomic E-state index is 13.0. The van der Waals surface area contributed by atoms with Crippen molar-refractivity contribution in [3.63, 3.8) is 0 Å². The van der Waals surface area contributed by atoms with Crippen LogP contribution in [0.2, 0.25) is 0 Å². The van der Waals surface area contributed by atoms with E-state index in [0.29, 0.717) is 0 Å². The van der Waals surface area contributed by atoms with Gasteiger partial charge in [-0.1, -0.05) is 18.2 Å². The molecule has 138 valence electrons. The van der Waals surface area contributed by atoms with Crippen LogP contribution < -0.4 is 4.90 Å². The molecule has 1 aromatic carbocycles. The first-order valence-electron chi connectivity index (χ1n) is 9.60. The van der Waals surface area contributed by atoms with Crippen LogP contribution in [0.3, 0.4) is 0 Å². The Balaban J connectivity index is 1.31. The smallest absolute Gasteiger partial charge is 0.244 e. The Morgan fingerprint density at radius 1 is 1.00 bits per heavy atom. The van der Waals surface area contributed by atoms with E-state index in [2.05, 4.69) is 19.4 Å². The lowest BCUT2D eigenvalue weighted by Gasteiger charge is -2.42. The average Bonchev–Trinajstić information content (AvgIpc) is 3.21. The second-order valence-corrected chi connectivity index (χ2v) is 7.16. The van der Waals surface area contributed by atoms with Crippen LogP contribution in [0, 0.1) is 0 Å². The number of piperidine rings is 1. The van der Waals surface area contributed by atoms with Gasteiger partial charge in [-0.25, -0.2) is 4.98 Å². The highest BCUT2D eigenvalue weighted by Crippen LogP contribution is 2.24. The fourth-order valence-electron chi connectivity index (χ4n) is 4.03. The van der Waals surface area contributed by atoms with Gasteiger partial charge < -0.3 is 9.47 Å². The van der Waals surface area contributed by atoms with Crippen LogP contribution in [0.25, 0.3) is 0 Å². The van der Waals surface area contributed by atoms with Crippen molar-refractivity contribution in [2.24, 2.45) is 0 Å². The van der Waals surface area contributed by atoms with E-state index in [0.717, 1.165) is 64.3 Å². The van der Waals surface area contributed by atoms with Crippen molar-refractivity contribution in [1.82, 2.24) is 19.4 Å². The molecule has 4 rings (SSSR count). The Bertz CT molecular complexity index is 694. The van der Waals surface area contributed by atoms with Crippen LogP contribution in [0.5, 0.6) is 0 Å². The second-order valence-electron chi connectivity index (χ2n) is 7.16. The lowest BCUT2D eigenvalue weighted by Crippen LogP contribution is -2.58. The largest absolute Gasteiger partial charge is 0.336 e. The lowest BCUT2D eigenvalue weighted by atomic mass is 10.0. The molecule has 2 aliphatic heterocycles. The van der Waals surface area contributed by atoms with Crippen molar-refractivity contribution < 1.29 is 4.79 Å². The van der Waals surface area contributed by atoms with Gasteiger partial charge in [0.15, 0.2) is 0 Å².